The Hall–Kier alpha value is -2.44. The van der Waals surface area contributed by atoms with Gasteiger partial charge in [-0.3, -0.25) is 9.59 Å². The molecule has 522 valence electrons. The lowest BCUT2D eigenvalue weighted by molar-refractivity contribution is -0.143. The van der Waals surface area contributed by atoms with Crippen molar-refractivity contribution in [2.75, 3.05) is 13.2 Å². The van der Waals surface area contributed by atoms with E-state index in [9.17, 15) is 19.8 Å². The maximum absolute atomic E-state index is 12.5. The van der Waals surface area contributed by atoms with Gasteiger partial charge in [-0.15, -0.1) is 0 Å². The summed E-state index contributed by atoms with van der Waals surface area (Å²) in [4.78, 5) is 24.6. The quantitative estimate of drug-likeness (QED) is 0.0320. The van der Waals surface area contributed by atoms with Crippen LogP contribution < -0.4 is 5.32 Å². The third-order valence-electron chi connectivity index (χ3n) is 18.5. The minimum absolute atomic E-state index is 0.00621. The molecule has 0 aromatic rings. The van der Waals surface area contributed by atoms with Crippen LogP contribution in [0.15, 0.2) is 60.8 Å². The average Bonchev–Trinajstić information content (AvgIpc) is 3.60. The Morgan fingerprint density at radius 3 is 0.876 bits per heavy atom. The summed E-state index contributed by atoms with van der Waals surface area (Å²) < 4.78 is 5.49. The monoisotopic (exact) mass is 1250 g/mol. The van der Waals surface area contributed by atoms with Crippen molar-refractivity contribution in [3.8, 4) is 0 Å². The van der Waals surface area contributed by atoms with Gasteiger partial charge in [0.25, 0.3) is 0 Å². The van der Waals surface area contributed by atoms with Crippen LogP contribution in [-0.4, -0.2) is 47.4 Å². The number of allylic oxidation sites excluding steroid dienone is 9. The third-order valence-corrected chi connectivity index (χ3v) is 18.5. The van der Waals surface area contributed by atoms with E-state index in [2.05, 4.69) is 67.8 Å². The van der Waals surface area contributed by atoms with Gasteiger partial charge in [0.1, 0.15) is 0 Å². The van der Waals surface area contributed by atoms with E-state index in [0.717, 1.165) is 57.8 Å². The molecular formula is C83H155NO5. The minimum atomic E-state index is -0.844. The van der Waals surface area contributed by atoms with Gasteiger partial charge < -0.3 is 20.3 Å². The number of aliphatic hydroxyl groups is 2. The lowest BCUT2D eigenvalue weighted by Crippen LogP contribution is -2.45. The highest BCUT2D eigenvalue weighted by molar-refractivity contribution is 5.76. The summed E-state index contributed by atoms with van der Waals surface area (Å²) in [7, 11) is 0. The highest BCUT2D eigenvalue weighted by atomic mass is 16.5. The Morgan fingerprint density at radius 2 is 0.562 bits per heavy atom. The maximum Gasteiger partial charge on any atom is 0.305 e. The van der Waals surface area contributed by atoms with Gasteiger partial charge in [0.15, 0.2) is 0 Å². The molecule has 0 saturated carbocycles. The van der Waals surface area contributed by atoms with Crippen molar-refractivity contribution in [3.05, 3.63) is 60.8 Å². The summed E-state index contributed by atoms with van der Waals surface area (Å²) >= 11 is 0. The van der Waals surface area contributed by atoms with Crippen LogP contribution in [0.4, 0.5) is 0 Å². The number of hydrogen-bond acceptors (Lipinski definition) is 5. The van der Waals surface area contributed by atoms with Crippen LogP contribution >= 0.6 is 0 Å². The molecule has 2 atom stereocenters. The molecule has 2 unspecified atom stereocenters. The standard InChI is InChI=1S/C83H155NO5/c1-3-5-7-9-11-13-15-17-19-20-44-48-51-55-59-63-67-71-75-81(86)80(79-85)84-82(87)76-72-68-64-60-56-52-49-45-42-40-38-36-34-32-30-28-26-24-22-21-23-25-27-29-31-33-35-37-39-41-43-46-50-54-58-62-66-70-74-78-89-83(88)77-73-69-65-61-57-53-47-18-16-14-12-10-8-6-4-2/h12,14,18,21-22,25,27,47,71,75,80-81,85-86H,3-11,13,15-17,19-20,23-24,26,28-46,48-70,72-74,76-79H2,1-2H3,(H,84,87)/b14-12-,22-21-,27-25-,47-18-,75-71+. The van der Waals surface area contributed by atoms with E-state index in [4.69, 9.17) is 4.74 Å². The fourth-order valence-corrected chi connectivity index (χ4v) is 12.4. The molecule has 3 N–H and O–H groups in total. The van der Waals surface area contributed by atoms with Crippen LogP contribution in [0.1, 0.15) is 431 Å². The van der Waals surface area contributed by atoms with Crippen LogP contribution in [0.2, 0.25) is 0 Å². The fraction of sp³-hybridized carbons (Fsp3) is 0.855. The first-order valence-electron chi connectivity index (χ1n) is 40.1. The zero-order valence-electron chi connectivity index (χ0n) is 59.9. The molecule has 0 heterocycles. The van der Waals surface area contributed by atoms with Gasteiger partial charge in [-0.2, -0.15) is 0 Å². The lowest BCUT2D eigenvalue weighted by atomic mass is 10.0. The average molecular weight is 1250 g/mol. The molecule has 0 saturated heterocycles. The number of aliphatic hydroxyl groups excluding tert-OH is 2. The van der Waals surface area contributed by atoms with Gasteiger partial charge in [0.2, 0.25) is 5.91 Å². The predicted molar refractivity (Wildman–Crippen MR) is 393 cm³/mol. The first kappa shape index (κ1) is 86.6. The van der Waals surface area contributed by atoms with Crippen LogP contribution in [0.3, 0.4) is 0 Å². The van der Waals surface area contributed by atoms with E-state index in [0.29, 0.717) is 19.4 Å². The molecule has 0 aliphatic heterocycles. The number of unbranched alkanes of at least 4 members (excludes halogenated alkanes) is 56. The number of carbonyl (C=O) groups excluding carboxylic acids is 2. The van der Waals surface area contributed by atoms with Crippen molar-refractivity contribution >= 4 is 11.9 Å². The lowest BCUT2D eigenvalue weighted by Gasteiger charge is -2.20. The molecule has 89 heavy (non-hydrogen) atoms. The summed E-state index contributed by atoms with van der Waals surface area (Å²) in [5.74, 6) is -0.0555. The van der Waals surface area contributed by atoms with Crippen molar-refractivity contribution in [3.63, 3.8) is 0 Å². The second-order valence-corrected chi connectivity index (χ2v) is 27.4. The van der Waals surface area contributed by atoms with Gasteiger partial charge in [-0.25, -0.2) is 0 Å². The Bertz CT molecular complexity index is 1530. The molecule has 0 aromatic heterocycles. The number of ether oxygens (including phenoxy) is 1. The normalized spacial score (nSPS) is 12.8. The topological polar surface area (TPSA) is 95.9 Å². The summed E-state index contributed by atoms with van der Waals surface area (Å²) in [5.41, 5.74) is 0. The van der Waals surface area contributed by atoms with Crippen LogP contribution in [-0.2, 0) is 14.3 Å². The maximum atomic E-state index is 12.5. The Labute approximate surface area is 556 Å². The van der Waals surface area contributed by atoms with Crippen molar-refractivity contribution in [1.82, 2.24) is 5.32 Å². The third kappa shape index (κ3) is 74.5. The summed E-state index contributed by atoms with van der Waals surface area (Å²) in [6.45, 7) is 4.91. The Balaban J connectivity index is 3.38. The van der Waals surface area contributed by atoms with E-state index in [1.165, 1.54) is 347 Å². The van der Waals surface area contributed by atoms with E-state index in [1.807, 2.05) is 6.08 Å². The second-order valence-electron chi connectivity index (χ2n) is 27.4. The fourth-order valence-electron chi connectivity index (χ4n) is 12.4. The van der Waals surface area contributed by atoms with Crippen molar-refractivity contribution in [2.45, 2.75) is 443 Å². The number of amides is 1. The van der Waals surface area contributed by atoms with E-state index in [-0.39, 0.29) is 18.5 Å². The van der Waals surface area contributed by atoms with Crippen molar-refractivity contribution in [2.24, 2.45) is 0 Å². The van der Waals surface area contributed by atoms with E-state index in [1.54, 1.807) is 6.08 Å². The summed E-state index contributed by atoms with van der Waals surface area (Å²) in [6, 6.07) is -0.627. The van der Waals surface area contributed by atoms with E-state index < -0.39 is 12.1 Å². The van der Waals surface area contributed by atoms with Gasteiger partial charge in [0.05, 0.1) is 25.4 Å². The molecule has 0 aliphatic rings. The number of nitrogens with one attached hydrogen (secondary N) is 1. The van der Waals surface area contributed by atoms with Gasteiger partial charge in [-0.05, 0) is 96.3 Å². The largest absolute Gasteiger partial charge is 0.466 e. The van der Waals surface area contributed by atoms with Crippen LogP contribution in [0.25, 0.3) is 0 Å². The van der Waals surface area contributed by atoms with Gasteiger partial charge >= 0.3 is 5.97 Å². The molecule has 0 aromatic carbocycles. The SMILES string of the molecule is CCCCC/C=C\C/C=C\CCCCCCCC(=O)OCCCCCCCCCCCCCCCCC/C=C\C/C=C\CCCCCCCCCCCCCCCCCCCC(=O)NC(CO)C(O)/C=C/CCCCCCCCCCCCCCCCCC. The summed E-state index contributed by atoms with van der Waals surface area (Å²) in [6.07, 6.45) is 105. The number of esters is 1. The molecule has 1 amide bonds. The van der Waals surface area contributed by atoms with E-state index >= 15 is 0 Å². The smallest absolute Gasteiger partial charge is 0.305 e. The Morgan fingerprint density at radius 1 is 0.315 bits per heavy atom. The zero-order chi connectivity index (χ0) is 64.2. The highest BCUT2D eigenvalue weighted by Gasteiger charge is 2.18. The predicted octanol–water partition coefficient (Wildman–Crippen LogP) is 26.5. The molecule has 0 aliphatic carbocycles. The highest BCUT2D eigenvalue weighted by Crippen LogP contribution is 2.19. The molecule has 6 nitrogen and oxygen atoms in total. The zero-order valence-corrected chi connectivity index (χ0v) is 59.9. The van der Waals surface area contributed by atoms with Crippen molar-refractivity contribution in [1.29, 1.82) is 0 Å². The summed E-state index contributed by atoms with van der Waals surface area (Å²) in [5, 5.41) is 23.2. The molecule has 0 bridgehead atoms. The second kappa shape index (κ2) is 78.0. The molecular weight excluding hydrogens is 1090 g/mol. The number of hydrogen-bond donors (Lipinski definition) is 3. The minimum Gasteiger partial charge on any atom is -0.466 e. The van der Waals surface area contributed by atoms with Crippen LogP contribution in [0, 0.1) is 0 Å². The van der Waals surface area contributed by atoms with Crippen molar-refractivity contribution < 1.29 is 24.5 Å². The first-order valence-corrected chi connectivity index (χ1v) is 40.1. The van der Waals surface area contributed by atoms with Crippen LogP contribution in [0.5, 0.6) is 0 Å². The molecule has 0 rings (SSSR count). The molecule has 6 heteroatoms. The molecule has 0 spiro atoms. The molecule has 0 radical (unpaired) electrons. The Kier molecular flexibility index (Phi) is 75.9. The first-order chi connectivity index (χ1) is 44.0. The number of carbonyl (C=O) groups is 2. The number of rotatable bonds is 75. The van der Waals surface area contributed by atoms with Gasteiger partial charge in [-0.1, -0.05) is 383 Å². The van der Waals surface area contributed by atoms with Gasteiger partial charge in [0, 0.05) is 12.8 Å². The molecule has 0 fully saturated rings.